The molecule has 15 heavy (non-hydrogen) atoms. The minimum Gasteiger partial charge on any atom is -0.299 e. The number of imidazole rings is 1. The largest absolute Gasteiger partial charge is 0.328 e. The highest BCUT2D eigenvalue weighted by atomic mass is 16.1. The summed E-state index contributed by atoms with van der Waals surface area (Å²) < 4.78 is 3.57. The second kappa shape index (κ2) is 3.52. The monoisotopic (exact) mass is 209 g/mol. The molecule has 84 valence electrons. The second-order valence-electron chi connectivity index (χ2n) is 4.61. The highest BCUT2D eigenvalue weighted by Crippen LogP contribution is 2.18. The molecule has 1 aromatic heterocycles. The van der Waals surface area contributed by atoms with Gasteiger partial charge < -0.3 is 0 Å². The molecule has 0 amide bonds. The third-order valence-electron chi connectivity index (χ3n) is 3.44. The lowest BCUT2D eigenvalue weighted by atomic mass is 10.1. The van der Waals surface area contributed by atoms with Crippen molar-refractivity contribution in [1.82, 2.24) is 14.0 Å². The van der Waals surface area contributed by atoms with Crippen molar-refractivity contribution in [2.45, 2.75) is 32.9 Å². The number of hydrogen-bond acceptors (Lipinski definition) is 2. The van der Waals surface area contributed by atoms with E-state index in [4.69, 9.17) is 0 Å². The standard InChI is InChI=1S/C11H19N3O/c1-8(2)14-6-5-9-10(7-14)13(4)11(15)12(9)3/h8H,5-7H2,1-4H3. The number of hydrogen-bond donors (Lipinski definition) is 0. The van der Waals surface area contributed by atoms with Crippen molar-refractivity contribution >= 4 is 0 Å². The highest BCUT2D eigenvalue weighted by molar-refractivity contribution is 5.18. The molecule has 0 aromatic carbocycles. The van der Waals surface area contributed by atoms with Gasteiger partial charge in [0, 0.05) is 45.3 Å². The molecule has 2 heterocycles. The van der Waals surface area contributed by atoms with Gasteiger partial charge in [-0.15, -0.1) is 0 Å². The SMILES string of the molecule is CC(C)N1CCc2c(n(C)c(=O)n2C)C1. The van der Waals surface area contributed by atoms with Gasteiger partial charge in [0.05, 0.1) is 5.69 Å². The fraction of sp³-hybridized carbons (Fsp3) is 0.727. The van der Waals surface area contributed by atoms with E-state index in [-0.39, 0.29) is 5.69 Å². The van der Waals surface area contributed by atoms with Crippen LogP contribution in [0.2, 0.25) is 0 Å². The molecule has 1 aliphatic heterocycles. The molecule has 1 aliphatic rings. The number of fused-ring (bicyclic) bond motifs is 1. The maximum absolute atomic E-state index is 11.7. The van der Waals surface area contributed by atoms with E-state index >= 15 is 0 Å². The van der Waals surface area contributed by atoms with E-state index in [0.717, 1.165) is 19.5 Å². The van der Waals surface area contributed by atoms with E-state index in [2.05, 4.69) is 18.7 Å². The van der Waals surface area contributed by atoms with Gasteiger partial charge in [-0.1, -0.05) is 0 Å². The fourth-order valence-corrected chi connectivity index (χ4v) is 2.31. The summed E-state index contributed by atoms with van der Waals surface area (Å²) in [5.74, 6) is 0. The van der Waals surface area contributed by atoms with Crippen LogP contribution in [0.1, 0.15) is 25.2 Å². The molecule has 0 N–H and O–H groups in total. The third-order valence-corrected chi connectivity index (χ3v) is 3.44. The molecule has 2 rings (SSSR count). The molecule has 0 aliphatic carbocycles. The summed E-state index contributed by atoms with van der Waals surface area (Å²) in [5, 5.41) is 0. The quantitative estimate of drug-likeness (QED) is 0.674. The molecule has 0 fully saturated rings. The number of rotatable bonds is 1. The molecular weight excluding hydrogens is 190 g/mol. The Morgan fingerprint density at radius 3 is 2.33 bits per heavy atom. The first-order valence-electron chi connectivity index (χ1n) is 5.50. The molecule has 0 saturated heterocycles. The summed E-state index contributed by atoms with van der Waals surface area (Å²) in [6.07, 6.45) is 0.986. The van der Waals surface area contributed by atoms with Gasteiger partial charge in [-0.2, -0.15) is 0 Å². The van der Waals surface area contributed by atoms with Crippen LogP contribution in [0.4, 0.5) is 0 Å². The third kappa shape index (κ3) is 1.53. The zero-order valence-electron chi connectivity index (χ0n) is 9.95. The van der Waals surface area contributed by atoms with Crippen LogP contribution in [0.3, 0.4) is 0 Å². The van der Waals surface area contributed by atoms with Crippen LogP contribution < -0.4 is 5.69 Å². The van der Waals surface area contributed by atoms with Crippen LogP contribution in [0, 0.1) is 0 Å². The van der Waals surface area contributed by atoms with E-state index in [1.165, 1.54) is 11.4 Å². The van der Waals surface area contributed by atoms with Crippen molar-refractivity contribution in [3.8, 4) is 0 Å². The van der Waals surface area contributed by atoms with Gasteiger partial charge in [0.15, 0.2) is 0 Å². The maximum atomic E-state index is 11.7. The van der Waals surface area contributed by atoms with Crippen molar-refractivity contribution in [3.63, 3.8) is 0 Å². The topological polar surface area (TPSA) is 30.2 Å². The first kappa shape index (κ1) is 10.5. The molecular formula is C11H19N3O. The van der Waals surface area contributed by atoms with Gasteiger partial charge >= 0.3 is 5.69 Å². The maximum Gasteiger partial charge on any atom is 0.328 e. The van der Waals surface area contributed by atoms with Gasteiger partial charge in [-0.25, -0.2) is 4.79 Å². The lowest BCUT2D eigenvalue weighted by Gasteiger charge is -2.30. The molecule has 4 heteroatoms. The zero-order valence-corrected chi connectivity index (χ0v) is 9.95. The summed E-state index contributed by atoms with van der Waals surface area (Å²) in [6.45, 7) is 6.36. The van der Waals surface area contributed by atoms with Gasteiger partial charge in [-0.05, 0) is 13.8 Å². The zero-order chi connectivity index (χ0) is 11.2. The van der Waals surface area contributed by atoms with Crippen LogP contribution in [0.15, 0.2) is 4.79 Å². The van der Waals surface area contributed by atoms with E-state index in [0.29, 0.717) is 6.04 Å². The van der Waals surface area contributed by atoms with Crippen molar-refractivity contribution in [2.75, 3.05) is 6.54 Å². The van der Waals surface area contributed by atoms with Gasteiger partial charge in [-0.3, -0.25) is 14.0 Å². The first-order chi connectivity index (χ1) is 7.02. The van der Waals surface area contributed by atoms with Gasteiger partial charge in [0.1, 0.15) is 0 Å². The summed E-state index contributed by atoms with van der Waals surface area (Å²) in [6, 6.07) is 0.549. The molecule has 0 unspecified atom stereocenters. The Kier molecular flexibility index (Phi) is 2.46. The Bertz CT molecular complexity index is 428. The van der Waals surface area contributed by atoms with E-state index in [1.54, 1.807) is 9.13 Å². The predicted octanol–water partition coefficient (Wildman–Crippen LogP) is 0.490. The van der Waals surface area contributed by atoms with Crippen molar-refractivity contribution in [1.29, 1.82) is 0 Å². The van der Waals surface area contributed by atoms with E-state index in [1.807, 2.05) is 14.1 Å². The summed E-state index contributed by atoms with van der Waals surface area (Å²) in [5.41, 5.74) is 2.49. The highest BCUT2D eigenvalue weighted by Gasteiger charge is 2.24. The van der Waals surface area contributed by atoms with E-state index in [9.17, 15) is 4.79 Å². The Hall–Kier alpha value is -1.03. The summed E-state index contributed by atoms with van der Waals surface area (Å²) in [4.78, 5) is 14.1. The minimum atomic E-state index is 0.102. The van der Waals surface area contributed by atoms with Crippen molar-refractivity contribution < 1.29 is 0 Å². The second-order valence-corrected chi connectivity index (χ2v) is 4.61. The summed E-state index contributed by atoms with van der Waals surface area (Å²) >= 11 is 0. The Morgan fingerprint density at radius 1 is 1.13 bits per heavy atom. The fourth-order valence-electron chi connectivity index (χ4n) is 2.31. The van der Waals surface area contributed by atoms with Crippen LogP contribution in [0.5, 0.6) is 0 Å². The van der Waals surface area contributed by atoms with Crippen LogP contribution in [-0.2, 0) is 27.1 Å². The Morgan fingerprint density at radius 2 is 1.73 bits per heavy atom. The molecule has 0 atom stereocenters. The average molecular weight is 209 g/mol. The normalized spacial score (nSPS) is 17.1. The average Bonchev–Trinajstić information content (AvgIpc) is 2.44. The molecule has 0 spiro atoms. The van der Waals surface area contributed by atoms with E-state index < -0.39 is 0 Å². The van der Waals surface area contributed by atoms with Crippen molar-refractivity contribution in [2.24, 2.45) is 14.1 Å². The van der Waals surface area contributed by atoms with Crippen LogP contribution in [0.25, 0.3) is 0 Å². The van der Waals surface area contributed by atoms with Crippen molar-refractivity contribution in [3.05, 3.63) is 21.9 Å². The first-order valence-corrected chi connectivity index (χ1v) is 5.50. The molecule has 0 radical (unpaired) electrons. The molecule has 0 saturated carbocycles. The lowest BCUT2D eigenvalue weighted by Crippen LogP contribution is -2.36. The summed E-state index contributed by atoms with van der Waals surface area (Å²) in [7, 11) is 3.73. The smallest absolute Gasteiger partial charge is 0.299 e. The van der Waals surface area contributed by atoms with Crippen LogP contribution in [-0.4, -0.2) is 26.6 Å². The van der Waals surface area contributed by atoms with Crippen LogP contribution >= 0.6 is 0 Å². The minimum absolute atomic E-state index is 0.102. The van der Waals surface area contributed by atoms with Gasteiger partial charge in [0.2, 0.25) is 0 Å². The van der Waals surface area contributed by atoms with Gasteiger partial charge in [0.25, 0.3) is 0 Å². The Balaban J connectivity index is 2.42. The number of nitrogens with zero attached hydrogens (tertiary/aromatic N) is 3. The molecule has 4 nitrogen and oxygen atoms in total. The predicted molar refractivity (Wildman–Crippen MR) is 59.9 cm³/mol. The molecule has 0 bridgehead atoms. The Labute approximate surface area is 90.1 Å². The number of aromatic nitrogens is 2. The lowest BCUT2D eigenvalue weighted by molar-refractivity contribution is 0.196. The molecule has 1 aromatic rings.